The largest absolute Gasteiger partial charge is 0.254 e. The van der Waals surface area contributed by atoms with E-state index in [-0.39, 0.29) is 12.3 Å². The number of hydrogen-bond donors (Lipinski definition) is 0. The molecule has 0 amide bonds. The van der Waals surface area contributed by atoms with Crippen molar-refractivity contribution in [2.75, 3.05) is 0 Å². The lowest BCUT2D eigenvalue weighted by Gasteiger charge is -2.38. The van der Waals surface area contributed by atoms with Crippen LogP contribution in [0.25, 0.3) is 0 Å². The minimum absolute atomic E-state index is 0.139. The molecule has 0 radical (unpaired) electrons. The Morgan fingerprint density at radius 3 is 2.17 bits per heavy atom. The predicted octanol–water partition coefficient (Wildman–Crippen LogP) is 3.47. The van der Waals surface area contributed by atoms with E-state index >= 15 is 0 Å². The molecule has 0 aromatic heterocycles. The van der Waals surface area contributed by atoms with Crippen molar-refractivity contribution in [2.45, 2.75) is 45.5 Å². The number of halogens is 2. The highest BCUT2D eigenvalue weighted by Gasteiger charge is 2.64. The number of fused-ring (bicyclic) bond motifs is 2. The van der Waals surface area contributed by atoms with Crippen LogP contribution in [0.15, 0.2) is 0 Å². The Bertz CT molecular complexity index is 198. The fourth-order valence-corrected chi connectivity index (χ4v) is 3.20. The van der Waals surface area contributed by atoms with Gasteiger partial charge >= 0.3 is 0 Å². The first-order valence-corrected chi connectivity index (χ1v) is 4.86. The van der Waals surface area contributed by atoms with Gasteiger partial charge in [0.1, 0.15) is 0 Å². The van der Waals surface area contributed by atoms with Gasteiger partial charge in [0.05, 0.1) is 0 Å². The molecule has 0 aliphatic heterocycles. The van der Waals surface area contributed by atoms with Crippen LogP contribution in [0.2, 0.25) is 0 Å². The Labute approximate surface area is 72.3 Å². The van der Waals surface area contributed by atoms with Gasteiger partial charge in [0.2, 0.25) is 0 Å². The molecule has 2 atom stereocenters. The predicted molar refractivity (Wildman–Crippen MR) is 44.2 cm³/mol. The molecule has 2 saturated carbocycles. The van der Waals surface area contributed by atoms with E-state index in [1.807, 2.05) is 13.8 Å². The average molecular weight is 174 g/mol. The molecule has 70 valence electrons. The van der Waals surface area contributed by atoms with E-state index in [2.05, 4.69) is 0 Å². The third kappa shape index (κ3) is 0.813. The minimum Gasteiger partial charge on any atom is -0.206 e. The van der Waals surface area contributed by atoms with Gasteiger partial charge < -0.3 is 0 Å². The van der Waals surface area contributed by atoms with Gasteiger partial charge in [-0.05, 0) is 31.1 Å². The van der Waals surface area contributed by atoms with Gasteiger partial charge in [0.25, 0.3) is 5.92 Å². The summed E-state index contributed by atoms with van der Waals surface area (Å²) in [5.74, 6) is -1.91. The Balaban J connectivity index is 2.33. The van der Waals surface area contributed by atoms with Crippen LogP contribution in [0.4, 0.5) is 8.78 Å². The van der Waals surface area contributed by atoms with E-state index in [9.17, 15) is 8.78 Å². The minimum atomic E-state index is -2.37. The van der Waals surface area contributed by atoms with Crippen molar-refractivity contribution in [1.29, 1.82) is 0 Å². The summed E-state index contributed by atoms with van der Waals surface area (Å²) in [6.45, 7) is 3.89. The topological polar surface area (TPSA) is 0 Å². The summed E-state index contributed by atoms with van der Waals surface area (Å²) >= 11 is 0. The zero-order valence-electron chi connectivity index (χ0n) is 7.74. The Kier molecular flexibility index (Phi) is 1.56. The second kappa shape index (κ2) is 2.21. The zero-order valence-corrected chi connectivity index (χ0v) is 7.74. The Morgan fingerprint density at radius 2 is 1.92 bits per heavy atom. The summed E-state index contributed by atoms with van der Waals surface area (Å²) < 4.78 is 27.1. The fraction of sp³-hybridized carbons (Fsp3) is 1.00. The van der Waals surface area contributed by atoms with Crippen LogP contribution in [0.5, 0.6) is 0 Å². The molecule has 0 aromatic carbocycles. The summed E-state index contributed by atoms with van der Waals surface area (Å²) in [6, 6.07) is 0. The van der Waals surface area contributed by atoms with E-state index < -0.39 is 11.3 Å². The third-order valence-electron chi connectivity index (χ3n) is 4.03. The monoisotopic (exact) mass is 174 g/mol. The second-order valence-electron chi connectivity index (χ2n) is 4.83. The molecular weight excluding hydrogens is 158 g/mol. The molecule has 2 heteroatoms. The summed E-state index contributed by atoms with van der Waals surface area (Å²) in [4.78, 5) is 0. The average Bonchev–Trinajstić information content (AvgIpc) is 2.40. The van der Waals surface area contributed by atoms with Crippen molar-refractivity contribution in [1.82, 2.24) is 0 Å². The SMILES string of the molecule is CC(C)C12CCC(CC1(F)F)C2. The molecule has 2 rings (SSSR count). The molecule has 0 N–H and O–H groups in total. The van der Waals surface area contributed by atoms with E-state index in [4.69, 9.17) is 0 Å². The first-order valence-electron chi connectivity index (χ1n) is 4.86. The van der Waals surface area contributed by atoms with Gasteiger partial charge in [-0.15, -0.1) is 0 Å². The number of hydrogen-bond acceptors (Lipinski definition) is 0. The lowest BCUT2D eigenvalue weighted by molar-refractivity contribution is -0.131. The van der Waals surface area contributed by atoms with E-state index in [0.717, 1.165) is 19.3 Å². The van der Waals surface area contributed by atoms with Crippen LogP contribution < -0.4 is 0 Å². The molecule has 2 unspecified atom stereocenters. The summed E-state index contributed by atoms with van der Waals surface area (Å²) in [5, 5.41) is 0. The third-order valence-corrected chi connectivity index (χ3v) is 4.03. The van der Waals surface area contributed by atoms with Crippen LogP contribution >= 0.6 is 0 Å². The highest BCUT2D eigenvalue weighted by Crippen LogP contribution is 2.65. The van der Waals surface area contributed by atoms with Gasteiger partial charge in [0.15, 0.2) is 0 Å². The van der Waals surface area contributed by atoms with Crippen LogP contribution in [0.1, 0.15) is 39.5 Å². The molecule has 0 nitrogen and oxygen atoms in total. The Morgan fingerprint density at radius 1 is 1.25 bits per heavy atom. The summed E-state index contributed by atoms with van der Waals surface area (Å²) in [6.07, 6.45) is 2.72. The van der Waals surface area contributed by atoms with E-state index in [1.54, 1.807) is 0 Å². The molecule has 2 bridgehead atoms. The molecule has 0 heterocycles. The summed E-state index contributed by atoms with van der Waals surface area (Å²) in [7, 11) is 0. The van der Waals surface area contributed by atoms with Crippen molar-refractivity contribution in [2.24, 2.45) is 17.3 Å². The quantitative estimate of drug-likeness (QED) is 0.571. The zero-order chi connectivity index (χ0) is 8.98. The first kappa shape index (κ1) is 8.46. The van der Waals surface area contributed by atoms with Gasteiger partial charge in [-0.1, -0.05) is 13.8 Å². The van der Waals surface area contributed by atoms with Gasteiger partial charge in [-0.25, -0.2) is 8.78 Å². The maximum atomic E-state index is 13.5. The standard InChI is InChI=1S/C10H16F2/c1-7(2)9-4-3-8(5-9)6-10(9,11)12/h7-8H,3-6H2,1-2H3. The van der Waals surface area contributed by atoms with Crippen molar-refractivity contribution in [3.63, 3.8) is 0 Å². The Hall–Kier alpha value is -0.140. The highest BCUT2D eigenvalue weighted by atomic mass is 19.3. The van der Waals surface area contributed by atoms with Crippen molar-refractivity contribution >= 4 is 0 Å². The van der Waals surface area contributed by atoms with Crippen LogP contribution in [0.3, 0.4) is 0 Å². The maximum Gasteiger partial charge on any atom is 0.254 e. The molecule has 0 spiro atoms. The molecule has 2 aliphatic carbocycles. The van der Waals surface area contributed by atoms with Crippen LogP contribution in [0, 0.1) is 17.3 Å². The van der Waals surface area contributed by atoms with Crippen LogP contribution in [-0.4, -0.2) is 5.92 Å². The molecule has 2 aliphatic rings. The lowest BCUT2D eigenvalue weighted by atomic mass is 9.72. The lowest BCUT2D eigenvalue weighted by Crippen LogP contribution is -2.40. The maximum absolute atomic E-state index is 13.5. The molecule has 0 aromatic rings. The normalized spacial score (nSPS) is 44.2. The van der Waals surface area contributed by atoms with Gasteiger partial charge in [-0.2, -0.15) is 0 Å². The van der Waals surface area contributed by atoms with Gasteiger partial charge in [-0.3, -0.25) is 0 Å². The number of rotatable bonds is 1. The van der Waals surface area contributed by atoms with Crippen LogP contribution in [-0.2, 0) is 0 Å². The fourth-order valence-electron chi connectivity index (χ4n) is 3.20. The number of alkyl halides is 2. The van der Waals surface area contributed by atoms with Gasteiger partial charge in [0, 0.05) is 11.8 Å². The molecular formula is C10H16F2. The summed E-state index contributed by atoms with van der Waals surface area (Å²) in [5.41, 5.74) is -0.627. The molecule has 12 heavy (non-hydrogen) atoms. The van der Waals surface area contributed by atoms with Crippen molar-refractivity contribution in [3.8, 4) is 0 Å². The van der Waals surface area contributed by atoms with E-state index in [0.29, 0.717) is 5.92 Å². The molecule has 2 fully saturated rings. The van der Waals surface area contributed by atoms with E-state index in [1.165, 1.54) is 0 Å². The van der Waals surface area contributed by atoms with Crippen molar-refractivity contribution in [3.05, 3.63) is 0 Å². The molecule has 0 saturated heterocycles. The highest BCUT2D eigenvalue weighted by molar-refractivity contribution is 5.07. The second-order valence-corrected chi connectivity index (χ2v) is 4.83. The van der Waals surface area contributed by atoms with Crippen molar-refractivity contribution < 1.29 is 8.78 Å². The first-order chi connectivity index (χ1) is 5.48. The smallest absolute Gasteiger partial charge is 0.206 e.